The Morgan fingerprint density at radius 2 is 1.82 bits per heavy atom. The lowest BCUT2D eigenvalue weighted by Crippen LogP contribution is -2.13. The van der Waals surface area contributed by atoms with E-state index in [2.05, 4.69) is 4.72 Å². The Morgan fingerprint density at radius 3 is 2.36 bits per heavy atom. The van der Waals surface area contributed by atoms with Crippen molar-refractivity contribution in [2.75, 3.05) is 4.72 Å². The minimum Gasteiger partial charge on any atom is -0.478 e. The molecule has 2 N–H and O–H groups in total. The zero-order valence-electron chi connectivity index (χ0n) is 10.9. The van der Waals surface area contributed by atoms with Crippen LogP contribution in [-0.2, 0) is 10.0 Å². The fourth-order valence-electron chi connectivity index (χ4n) is 1.65. The Morgan fingerprint density at radius 1 is 1.18 bits per heavy atom. The van der Waals surface area contributed by atoms with Gasteiger partial charge in [0.05, 0.1) is 21.0 Å². The van der Waals surface area contributed by atoms with Gasteiger partial charge in [-0.05, 0) is 42.5 Å². The minimum absolute atomic E-state index is 0.0428. The highest BCUT2D eigenvalue weighted by Gasteiger charge is 2.16. The molecule has 0 aromatic heterocycles. The molecule has 112 valence electrons. The minimum atomic E-state index is -3.90. The number of hydrogen-bond acceptors (Lipinski definition) is 4. The van der Waals surface area contributed by atoms with Crippen molar-refractivity contribution in [3.63, 3.8) is 0 Å². The topological polar surface area (TPSA) is 107 Å². The van der Waals surface area contributed by atoms with Gasteiger partial charge in [0.2, 0.25) is 0 Å². The zero-order valence-corrected chi connectivity index (χ0v) is 12.5. The molecular formula is C14H9ClN2O4S. The van der Waals surface area contributed by atoms with Gasteiger partial charge in [0, 0.05) is 5.69 Å². The lowest BCUT2D eigenvalue weighted by atomic mass is 10.2. The molecule has 0 aliphatic carbocycles. The molecular weight excluding hydrogens is 328 g/mol. The molecule has 2 aromatic carbocycles. The lowest BCUT2D eigenvalue weighted by molar-refractivity contribution is 0.0697. The average Bonchev–Trinajstić information content (AvgIpc) is 2.47. The van der Waals surface area contributed by atoms with Crippen molar-refractivity contribution in [1.82, 2.24) is 0 Å². The Bertz CT molecular complexity index is 871. The molecule has 0 heterocycles. The van der Waals surface area contributed by atoms with Crippen LogP contribution < -0.4 is 4.72 Å². The molecule has 6 nitrogen and oxygen atoms in total. The number of rotatable bonds is 4. The standard InChI is InChI=1S/C14H9ClN2O4S/c15-13-6-5-12(7-10(13)8-16)22(20,21)17-11-3-1-9(2-4-11)14(18)19/h1-7,17H,(H,18,19). The smallest absolute Gasteiger partial charge is 0.335 e. The number of nitrogens with one attached hydrogen (secondary N) is 1. The second kappa shape index (κ2) is 6.05. The summed E-state index contributed by atoms with van der Waals surface area (Å²) in [6.45, 7) is 0. The molecule has 2 rings (SSSR count). The first-order chi connectivity index (χ1) is 10.3. The van der Waals surface area contributed by atoms with Crippen molar-refractivity contribution in [2.45, 2.75) is 4.90 Å². The van der Waals surface area contributed by atoms with Crippen molar-refractivity contribution in [1.29, 1.82) is 5.26 Å². The number of sulfonamides is 1. The maximum atomic E-state index is 12.2. The van der Waals surface area contributed by atoms with Gasteiger partial charge in [-0.3, -0.25) is 4.72 Å². The molecule has 0 aliphatic rings. The fourth-order valence-corrected chi connectivity index (χ4v) is 2.90. The number of hydrogen-bond donors (Lipinski definition) is 2. The summed E-state index contributed by atoms with van der Waals surface area (Å²) in [6, 6.07) is 10.8. The Labute approximate surface area is 131 Å². The summed E-state index contributed by atoms with van der Waals surface area (Å²) in [6.07, 6.45) is 0. The van der Waals surface area contributed by atoms with Crippen LogP contribution in [0.1, 0.15) is 15.9 Å². The fraction of sp³-hybridized carbons (Fsp3) is 0. The third-order valence-corrected chi connectivity index (χ3v) is 4.46. The molecule has 0 atom stereocenters. The van der Waals surface area contributed by atoms with Crippen LogP contribution in [-0.4, -0.2) is 19.5 Å². The van der Waals surface area contributed by atoms with Crippen molar-refractivity contribution in [3.8, 4) is 6.07 Å². The van der Waals surface area contributed by atoms with E-state index >= 15 is 0 Å². The van der Waals surface area contributed by atoms with E-state index in [9.17, 15) is 13.2 Å². The summed E-state index contributed by atoms with van der Waals surface area (Å²) in [7, 11) is -3.90. The van der Waals surface area contributed by atoms with Crippen molar-refractivity contribution in [3.05, 3.63) is 58.6 Å². The first-order valence-electron chi connectivity index (χ1n) is 5.89. The quantitative estimate of drug-likeness (QED) is 0.892. The summed E-state index contributed by atoms with van der Waals surface area (Å²) in [5.41, 5.74) is 0.297. The number of benzene rings is 2. The second-order valence-corrected chi connectivity index (χ2v) is 6.33. The third kappa shape index (κ3) is 3.36. The van der Waals surface area contributed by atoms with Crippen molar-refractivity contribution >= 4 is 33.3 Å². The van der Waals surface area contributed by atoms with E-state index in [1.807, 2.05) is 0 Å². The van der Waals surface area contributed by atoms with Crippen LogP contribution in [0.2, 0.25) is 5.02 Å². The van der Waals surface area contributed by atoms with Gasteiger partial charge in [0.1, 0.15) is 6.07 Å². The first-order valence-corrected chi connectivity index (χ1v) is 7.75. The molecule has 0 bridgehead atoms. The molecule has 0 radical (unpaired) electrons. The van der Waals surface area contributed by atoms with Gasteiger partial charge in [-0.25, -0.2) is 13.2 Å². The molecule has 0 fully saturated rings. The Kier molecular flexibility index (Phi) is 4.35. The first kappa shape index (κ1) is 15.8. The Balaban J connectivity index is 2.31. The summed E-state index contributed by atoms with van der Waals surface area (Å²) in [5, 5.41) is 17.8. The summed E-state index contributed by atoms with van der Waals surface area (Å²) < 4.78 is 26.7. The van der Waals surface area contributed by atoms with E-state index in [0.29, 0.717) is 0 Å². The summed E-state index contributed by atoms with van der Waals surface area (Å²) in [4.78, 5) is 10.6. The lowest BCUT2D eigenvalue weighted by Gasteiger charge is -2.09. The SMILES string of the molecule is N#Cc1cc(S(=O)(=O)Nc2ccc(C(=O)O)cc2)ccc1Cl. The number of nitrogens with zero attached hydrogens (tertiary/aromatic N) is 1. The molecule has 0 saturated carbocycles. The highest BCUT2D eigenvalue weighted by molar-refractivity contribution is 7.92. The molecule has 2 aromatic rings. The number of carbonyl (C=O) groups is 1. The van der Waals surface area contributed by atoms with Gasteiger partial charge in [-0.1, -0.05) is 11.6 Å². The van der Waals surface area contributed by atoms with E-state index < -0.39 is 16.0 Å². The molecule has 0 aliphatic heterocycles. The molecule has 8 heteroatoms. The number of anilines is 1. The highest BCUT2D eigenvalue weighted by Crippen LogP contribution is 2.22. The Hall–Kier alpha value is -2.56. The summed E-state index contributed by atoms with van der Waals surface area (Å²) >= 11 is 5.76. The van der Waals surface area contributed by atoms with Crippen LogP contribution in [0, 0.1) is 11.3 Å². The maximum Gasteiger partial charge on any atom is 0.335 e. The molecule has 0 saturated heterocycles. The van der Waals surface area contributed by atoms with Gasteiger partial charge >= 0.3 is 5.97 Å². The second-order valence-electron chi connectivity index (χ2n) is 4.24. The van der Waals surface area contributed by atoms with Crippen LogP contribution in [0.25, 0.3) is 0 Å². The van der Waals surface area contributed by atoms with Gasteiger partial charge in [-0.2, -0.15) is 5.26 Å². The van der Waals surface area contributed by atoms with Gasteiger partial charge in [-0.15, -0.1) is 0 Å². The number of aromatic carboxylic acids is 1. The van der Waals surface area contributed by atoms with Crippen molar-refractivity contribution in [2.24, 2.45) is 0 Å². The average molecular weight is 337 g/mol. The largest absolute Gasteiger partial charge is 0.478 e. The van der Waals surface area contributed by atoms with Crippen LogP contribution in [0.5, 0.6) is 0 Å². The van der Waals surface area contributed by atoms with Gasteiger partial charge in [0.25, 0.3) is 10.0 Å². The molecule has 0 amide bonds. The number of halogens is 1. The van der Waals surface area contributed by atoms with Gasteiger partial charge in [0.15, 0.2) is 0 Å². The molecule has 0 unspecified atom stereocenters. The van der Waals surface area contributed by atoms with Crippen LogP contribution in [0.3, 0.4) is 0 Å². The monoisotopic (exact) mass is 336 g/mol. The number of carboxylic acid groups (broad SMARTS) is 1. The summed E-state index contributed by atoms with van der Waals surface area (Å²) in [5.74, 6) is -1.11. The molecule has 0 spiro atoms. The maximum absolute atomic E-state index is 12.2. The zero-order chi connectivity index (χ0) is 16.3. The van der Waals surface area contributed by atoms with Crippen LogP contribution in [0.4, 0.5) is 5.69 Å². The van der Waals surface area contributed by atoms with Crippen molar-refractivity contribution < 1.29 is 18.3 Å². The van der Waals surface area contributed by atoms with E-state index in [4.69, 9.17) is 22.0 Å². The van der Waals surface area contributed by atoms with E-state index in [1.165, 1.54) is 36.4 Å². The normalized spacial score (nSPS) is 10.7. The number of carboxylic acids is 1. The highest BCUT2D eigenvalue weighted by atomic mass is 35.5. The predicted molar refractivity (Wildman–Crippen MR) is 80.4 cm³/mol. The van der Waals surface area contributed by atoms with E-state index in [-0.39, 0.29) is 26.7 Å². The third-order valence-electron chi connectivity index (χ3n) is 2.75. The van der Waals surface area contributed by atoms with E-state index in [1.54, 1.807) is 6.07 Å². The van der Waals surface area contributed by atoms with Gasteiger partial charge < -0.3 is 5.11 Å². The van der Waals surface area contributed by atoms with Crippen LogP contribution >= 0.6 is 11.6 Å². The molecule has 22 heavy (non-hydrogen) atoms. The predicted octanol–water partition coefficient (Wildman–Crippen LogP) is 2.71. The number of nitriles is 1. The van der Waals surface area contributed by atoms with E-state index in [0.717, 1.165) is 6.07 Å². The van der Waals surface area contributed by atoms with Crippen LogP contribution in [0.15, 0.2) is 47.4 Å².